The van der Waals surface area contributed by atoms with Gasteiger partial charge < -0.3 is 4.90 Å². The summed E-state index contributed by atoms with van der Waals surface area (Å²) in [6, 6.07) is 5.33. The summed E-state index contributed by atoms with van der Waals surface area (Å²) in [5.74, 6) is -0.575. The van der Waals surface area contributed by atoms with Crippen molar-refractivity contribution in [2.75, 3.05) is 6.54 Å². The van der Waals surface area contributed by atoms with Crippen LogP contribution in [0, 0.1) is 0 Å². The van der Waals surface area contributed by atoms with Crippen LogP contribution in [-0.4, -0.2) is 46.1 Å². The zero-order valence-electron chi connectivity index (χ0n) is 14.5. The van der Waals surface area contributed by atoms with E-state index in [9.17, 15) is 14.4 Å². The van der Waals surface area contributed by atoms with E-state index in [2.05, 4.69) is 0 Å². The Morgan fingerprint density at radius 3 is 2.46 bits per heavy atom. The molecule has 0 saturated heterocycles. The molecule has 5 heteroatoms. The first kappa shape index (κ1) is 16.7. The van der Waals surface area contributed by atoms with Gasteiger partial charge in [0, 0.05) is 24.2 Å². The van der Waals surface area contributed by atoms with Crippen molar-refractivity contribution in [3.8, 4) is 0 Å². The Bertz CT molecular complexity index is 690. The van der Waals surface area contributed by atoms with Crippen molar-refractivity contribution < 1.29 is 14.4 Å². The Kier molecular flexibility index (Phi) is 4.43. The van der Waals surface area contributed by atoms with Crippen LogP contribution in [0.4, 0.5) is 0 Å². The molecule has 0 atom stereocenters. The van der Waals surface area contributed by atoms with Gasteiger partial charge in [0.15, 0.2) is 0 Å². The Labute approximate surface area is 142 Å². The molecule has 1 aromatic carbocycles. The third-order valence-corrected chi connectivity index (χ3v) is 4.68. The Morgan fingerprint density at radius 1 is 1.21 bits per heavy atom. The molecule has 0 aromatic heterocycles. The summed E-state index contributed by atoms with van der Waals surface area (Å²) in [7, 11) is 0. The van der Waals surface area contributed by atoms with E-state index in [1.807, 2.05) is 25.7 Å². The third kappa shape index (κ3) is 2.83. The second-order valence-electron chi connectivity index (χ2n) is 6.91. The SMILES string of the molecule is CCCCN1C(=O)c2ccc(C(=O)N(C(C)C)C3CC3)cc2C1=O. The van der Waals surface area contributed by atoms with E-state index in [4.69, 9.17) is 0 Å². The monoisotopic (exact) mass is 328 g/mol. The van der Waals surface area contributed by atoms with Crippen LogP contribution in [0.5, 0.6) is 0 Å². The number of amides is 3. The maximum Gasteiger partial charge on any atom is 0.261 e. The van der Waals surface area contributed by atoms with Crippen molar-refractivity contribution in [3.63, 3.8) is 0 Å². The van der Waals surface area contributed by atoms with E-state index in [1.54, 1.807) is 18.2 Å². The van der Waals surface area contributed by atoms with Crippen molar-refractivity contribution in [1.29, 1.82) is 0 Å². The van der Waals surface area contributed by atoms with Crippen molar-refractivity contribution >= 4 is 17.7 Å². The summed E-state index contributed by atoms with van der Waals surface area (Å²) in [6.45, 7) is 6.47. The largest absolute Gasteiger partial charge is 0.333 e. The minimum atomic E-state index is -0.277. The zero-order valence-corrected chi connectivity index (χ0v) is 14.5. The van der Waals surface area contributed by atoms with Crippen molar-refractivity contribution in [3.05, 3.63) is 34.9 Å². The fourth-order valence-corrected chi connectivity index (χ4v) is 3.27. The predicted octanol–water partition coefficient (Wildman–Crippen LogP) is 3.10. The molecular formula is C19H24N2O3. The van der Waals surface area contributed by atoms with Gasteiger partial charge in [-0.25, -0.2) is 0 Å². The highest BCUT2D eigenvalue weighted by molar-refractivity contribution is 6.22. The van der Waals surface area contributed by atoms with Gasteiger partial charge in [-0.05, 0) is 51.3 Å². The number of imide groups is 1. The van der Waals surface area contributed by atoms with E-state index in [1.165, 1.54) is 4.90 Å². The number of hydrogen-bond acceptors (Lipinski definition) is 3. The molecule has 1 saturated carbocycles. The molecule has 0 N–H and O–H groups in total. The van der Waals surface area contributed by atoms with Gasteiger partial charge in [0.1, 0.15) is 0 Å². The first-order valence-electron chi connectivity index (χ1n) is 8.78. The Balaban J connectivity index is 1.88. The topological polar surface area (TPSA) is 57.7 Å². The molecule has 0 unspecified atom stereocenters. The minimum absolute atomic E-state index is 0.0532. The zero-order chi connectivity index (χ0) is 17.4. The van der Waals surface area contributed by atoms with Crippen LogP contribution in [-0.2, 0) is 0 Å². The first-order valence-corrected chi connectivity index (χ1v) is 8.78. The molecule has 0 radical (unpaired) electrons. The molecule has 5 nitrogen and oxygen atoms in total. The molecule has 2 aliphatic rings. The van der Waals surface area contributed by atoms with Gasteiger partial charge in [-0.15, -0.1) is 0 Å². The fraction of sp³-hybridized carbons (Fsp3) is 0.526. The van der Waals surface area contributed by atoms with E-state index < -0.39 is 0 Å². The summed E-state index contributed by atoms with van der Waals surface area (Å²) < 4.78 is 0. The van der Waals surface area contributed by atoms with Gasteiger partial charge in [-0.2, -0.15) is 0 Å². The number of carbonyl (C=O) groups is 3. The summed E-state index contributed by atoms with van der Waals surface area (Å²) in [6.07, 6.45) is 3.79. The number of nitrogens with zero attached hydrogens (tertiary/aromatic N) is 2. The van der Waals surface area contributed by atoms with Gasteiger partial charge >= 0.3 is 0 Å². The Hall–Kier alpha value is -2.17. The van der Waals surface area contributed by atoms with Crippen LogP contribution < -0.4 is 0 Å². The number of fused-ring (bicyclic) bond motifs is 1. The molecule has 1 fully saturated rings. The molecule has 128 valence electrons. The lowest BCUT2D eigenvalue weighted by molar-refractivity contribution is 0.0650. The highest BCUT2D eigenvalue weighted by atomic mass is 16.2. The average molecular weight is 328 g/mol. The lowest BCUT2D eigenvalue weighted by atomic mass is 10.0. The van der Waals surface area contributed by atoms with Crippen LogP contribution in [0.15, 0.2) is 18.2 Å². The van der Waals surface area contributed by atoms with Crippen LogP contribution in [0.2, 0.25) is 0 Å². The highest BCUT2D eigenvalue weighted by Gasteiger charge is 2.38. The number of benzene rings is 1. The molecular weight excluding hydrogens is 304 g/mol. The molecule has 3 amide bonds. The van der Waals surface area contributed by atoms with E-state index in [0.29, 0.717) is 29.3 Å². The molecule has 1 heterocycles. The van der Waals surface area contributed by atoms with Gasteiger partial charge in [0.2, 0.25) is 0 Å². The lowest BCUT2D eigenvalue weighted by Crippen LogP contribution is -2.38. The molecule has 1 aliphatic carbocycles. The predicted molar refractivity (Wildman–Crippen MR) is 91.0 cm³/mol. The Morgan fingerprint density at radius 2 is 1.88 bits per heavy atom. The van der Waals surface area contributed by atoms with Crippen molar-refractivity contribution in [2.24, 2.45) is 0 Å². The van der Waals surface area contributed by atoms with E-state index in [0.717, 1.165) is 25.7 Å². The molecule has 24 heavy (non-hydrogen) atoms. The fourth-order valence-electron chi connectivity index (χ4n) is 3.27. The van der Waals surface area contributed by atoms with Crippen molar-refractivity contribution in [1.82, 2.24) is 9.80 Å². The number of hydrogen-bond donors (Lipinski definition) is 0. The number of carbonyl (C=O) groups excluding carboxylic acids is 3. The van der Waals surface area contributed by atoms with E-state index in [-0.39, 0.29) is 23.8 Å². The first-order chi connectivity index (χ1) is 11.5. The highest BCUT2D eigenvalue weighted by Crippen LogP contribution is 2.31. The lowest BCUT2D eigenvalue weighted by Gasteiger charge is -2.26. The standard InChI is InChI=1S/C19H24N2O3/c1-4-5-10-20-18(23)15-9-6-13(11-16(15)19(20)24)17(22)21(12(2)3)14-7-8-14/h6,9,11-12,14H,4-5,7-8,10H2,1-3H3. The number of unbranched alkanes of at least 4 members (excludes halogenated alkanes) is 1. The summed E-state index contributed by atoms with van der Waals surface area (Å²) in [4.78, 5) is 40.9. The second-order valence-corrected chi connectivity index (χ2v) is 6.91. The quantitative estimate of drug-likeness (QED) is 0.754. The van der Waals surface area contributed by atoms with Crippen LogP contribution in [0.3, 0.4) is 0 Å². The molecule has 1 aromatic rings. The van der Waals surface area contributed by atoms with E-state index >= 15 is 0 Å². The van der Waals surface area contributed by atoms with Gasteiger partial charge in [0.25, 0.3) is 17.7 Å². The summed E-state index contributed by atoms with van der Waals surface area (Å²) in [5, 5.41) is 0. The normalized spacial score (nSPS) is 16.8. The molecule has 1 aliphatic heterocycles. The third-order valence-electron chi connectivity index (χ3n) is 4.68. The number of rotatable bonds is 6. The van der Waals surface area contributed by atoms with Crippen LogP contribution in [0.1, 0.15) is 77.5 Å². The molecule has 0 spiro atoms. The second kappa shape index (κ2) is 6.38. The van der Waals surface area contributed by atoms with Gasteiger partial charge in [-0.3, -0.25) is 19.3 Å². The summed E-state index contributed by atoms with van der Waals surface area (Å²) in [5.41, 5.74) is 1.27. The maximum atomic E-state index is 12.8. The van der Waals surface area contributed by atoms with Crippen molar-refractivity contribution in [2.45, 2.75) is 58.5 Å². The smallest absolute Gasteiger partial charge is 0.261 e. The molecule has 3 rings (SSSR count). The molecule has 0 bridgehead atoms. The van der Waals surface area contributed by atoms with Crippen LogP contribution in [0.25, 0.3) is 0 Å². The maximum absolute atomic E-state index is 12.8. The van der Waals surface area contributed by atoms with Crippen LogP contribution >= 0.6 is 0 Å². The van der Waals surface area contributed by atoms with Gasteiger partial charge in [0.05, 0.1) is 11.1 Å². The minimum Gasteiger partial charge on any atom is -0.333 e. The average Bonchev–Trinajstić information content (AvgIpc) is 3.35. The summed E-state index contributed by atoms with van der Waals surface area (Å²) >= 11 is 0. The van der Waals surface area contributed by atoms with Gasteiger partial charge in [-0.1, -0.05) is 13.3 Å².